The van der Waals surface area contributed by atoms with E-state index in [-0.39, 0.29) is 5.41 Å². The van der Waals surface area contributed by atoms with Gasteiger partial charge in [0.15, 0.2) is 0 Å². The molecule has 0 aliphatic carbocycles. The first kappa shape index (κ1) is 27.8. The zero-order valence-corrected chi connectivity index (χ0v) is 22.8. The predicted octanol–water partition coefficient (Wildman–Crippen LogP) is 8.79. The number of nitriles is 1. The van der Waals surface area contributed by atoms with Crippen molar-refractivity contribution in [1.29, 1.82) is 5.26 Å². The number of phenolic OH excluding ortho intramolecular Hbond substituents is 2. The lowest BCUT2D eigenvalue weighted by molar-refractivity contribution is 0.370. The van der Waals surface area contributed by atoms with Crippen LogP contribution < -0.4 is 0 Å². The van der Waals surface area contributed by atoms with Crippen LogP contribution in [0.4, 0.5) is 0 Å². The van der Waals surface area contributed by atoms with E-state index in [1.165, 1.54) is 78.9 Å². The van der Waals surface area contributed by atoms with Crippen molar-refractivity contribution in [3.05, 3.63) is 53.6 Å². The summed E-state index contributed by atoms with van der Waals surface area (Å²) < 4.78 is 0. The first-order chi connectivity index (χ1) is 17.0. The molecule has 0 fully saturated rings. The van der Waals surface area contributed by atoms with Gasteiger partial charge in [-0.1, -0.05) is 63.6 Å². The average molecular weight is 512 g/mol. The van der Waals surface area contributed by atoms with E-state index in [4.69, 9.17) is 5.26 Å². The van der Waals surface area contributed by atoms with Gasteiger partial charge in [-0.25, -0.2) is 0 Å². The summed E-state index contributed by atoms with van der Waals surface area (Å²) in [5, 5.41) is 28.4. The van der Waals surface area contributed by atoms with E-state index in [2.05, 4.69) is 31.2 Å². The van der Waals surface area contributed by atoms with Crippen LogP contribution in [0.1, 0.15) is 94.6 Å². The maximum absolute atomic E-state index is 10.0. The van der Waals surface area contributed by atoms with Crippen LogP contribution in [0.3, 0.4) is 0 Å². The first-order valence-electron chi connectivity index (χ1n) is 13.2. The summed E-state index contributed by atoms with van der Waals surface area (Å²) in [7, 11) is 0. The highest BCUT2D eigenvalue weighted by Crippen LogP contribution is 2.52. The highest BCUT2D eigenvalue weighted by molar-refractivity contribution is 7.99. The van der Waals surface area contributed by atoms with Crippen molar-refractivity contribution in [2.75, 3.05) is 17.3 Å². The molecule has 0 aromatic heterocycles. The van der Waals surface area contributed by atoms with Gasteiger partial charge in [-0.15, -0.1) is 11.8 Å². The lowest BCUT2D eigenvalue weighted by Crippen LogP contribution is -2.36. The molecular formula is C30H41NO2S2. The Morgan fingerprint density at radius 3 is 2.23 bits per heavy atom. The van der Waals surface area contributed by atoms with Crippen molar-refractivity contribution in [2.45, 2.75) is 93.8 Å². The largest absolute Gasteiger partial charge is 0.508 e. The topological polar surface area (TPSA) is 64.2 Å². The summed E-state index contributed by atoms with van der Waals surface area (Å²) in [5.41, 5.74) is 2.66. The molecule has 1 aliphatic rings. The van der Waals surface area contributed by atoms with Crippen molar-refractivity contribution in [1.82, 2.24) is 0 Å². The predicted molar refractivity (Wildman–Crippen MR) is 151 cm³/mol. The summed E-state index contributed by atoms with van der Waals surface area (Å²) in [6.07, 6.45) is 13.2. The summed E-state index contributed by atoms with van der Waals surface area (Å²) >= 11 is 3.88. The zero-order valence-electron chi connectivity index (χ0n) is 21.2. The fraction of sp³-hybridized carbons (Fsp3) is 0.567. The standard InChI is InChI=1S/C30H41NO2S2/c1-30(24-13-15-25(32)16-14-24)23-35-29-22-26(33)17-18-27(29)28(30)12-8-5-3-2-4-6-10-20-34-21-11-7-9-19-31/h13-18,22,28,32-33H,2-12,20-21,23H2,1H3. The van der Waals surface area contributed by atoms with Gasteiger partial charge >= 0.3 is 0 Å². The molecule has 1 heterocycles. The highest BCUT2D eigenvalue weighted by Gasteiger charge is 2.41. The van der Waals surface area contributed by atoms with Crippen LogP contribution in [0.5, 0.6) is 11.5 Å². The monoisotopic (exact) mass is 511 g/mol. The Kier molecular flexibility index (Phi) is 11.7. The van der Waals surface area contributed by atoms with Crippen molar-refractivity contribution in [3.8, 4) is 17.6 Å². The lowest BCUT2D eigenvalue weighted by Gasteiger charge is -2.43. The van der Waals surface area contributed by atoms with Gasteiger partial charge in [-0.2, -0.15) is 17.0 Å². The van der Waals surface area contributed by atoms with E-state index in [0.29, 0.717) is 23.8 Å². The number of thioether (sulfide) groups is 2. The number of phenols is 2. The molecule has 0 bridgehead atoms. The second-order valence-electron chi connectivity index (χ2n) is 10.0. The molecule has 35 heavy (non-hydrogen) atoms. The quantitative estimate of drug-likeness (QED) is 0.234. The molecule has 3 rings (SSSR count). The minimum Gasteiger partial charge on any atom is -0.508 e. The molecule has 2 N–H and O–H groups in total. The third kappa shape index (κ3) is 8.40. The Balaban J connectivity index is 1.42. The van der Waals surface area contributed by atoms with Crippen LogP contribution in [0.15, 0.2) is 47.4 Å². The van der Waals surface area contributed by atoms with Crippen LogP contribution >= 0.6 is 23.5 Å². The van der Waals surface area contributed by atoms with Gasteiger partial charge in [0, 0.05) is 22.5 Å². The minimum atomic E-state index is 0.00854. The fourth-order valence-electron chi connectivity index (χ4n) is 5.15. The number of nitrogens with zero attached hydrogens (tertiary/aromatic N) is 1. The highest BCUT2D eigenvalue weighted by atomic mass is 32.2. The molecule has 0 saturated heterocycles. The number of hydrogen-bond donors (Lipinski definition) is 2. The van der Waals surface area contributed by atoms with Crippen LogP contribution in [0.25, 0.3) is 0 Å². The van der Waals surface area contributed by atoms with Crippen LogP contribution in [0.2, 0.25) is 0 Å². The maximum atomic E-state index is 10.0. The molecule has 2 unspecified atom stereocenters. The lowest BCUT2D eigenvalue weighted by atomic mass is 9.68. The van der Waals surface area contributed by atoms with E-state index in [1.807, 2.05) is 47.8 Å². The van der Waals surface area contributed by atoms with Gasteiger partial charge in [0.1, 0.15) is 11.5 Å². The van der Waals surface area contributed by atoms with E-state index in [0.717, 1.165) is 18.6 Å². The fourth-order valence-corrected chi connectivity index (χ4v) is 7.58. The van der Waals surface area contributed by atoms with Crippen molar-refractivity contribution < 1.29 is 10.2 Å². The van der Waals surface area contributed by atoms with Gasteiger partial charge in [-0.3, -0.25) is 0 Å². The Hall–Kier alpha value is -1.77. The first-order valence-corrected chi connectivity index (χ1v) is 15.4. The van der Waals surface area contributed by atoms with Crippen molar-refractivity contribution in [2.24, 2.45) is 0 Å². The zero-order chi connectivity index (χ0) is 24.9. The summed E-state index contributed by atoms with van der Waals surface area (Å²) in [6, 6.07) is 15.9. The Morgan fingerprint density at radius 1 is 0.886 bits per heavy atom. The van der Waals surface area contributed by atoms with Crippen LogP contribution in [-0.4, -0.2) is 27.5 Å². The average Bonchev–Trinajstić information content (AvgIpc) is 2.86. The summed E-state index contributed by atoms with van der Waals surface area (Å²) in [5.74, 6) is 4.52. The third-order valence-electron chi connectivity index (χ3n) is 7.30. The van der Waals surface area contributed by atoms with Crippen LogP contribution in [-0.2, 0) is 5.41 Å². The Morgan fingerprint density at radius 2 is 1.51 bits per heavy atom. The molecule has 190 valence electrons. The number of hydrogen-bond acceptors (Lipinski definition) is 5. The number of rotatable bonds is 15. The number of aromatic hydroxyl groups is 2. The normalized spacial score (nSPS) is 19.3. The maximum Gasteiger partial charge on any atom is 0.116 e. The molecular weight excluding hydrogens is 470 g/mol. The molecule has 1 aliphatic heterocycles. The van der Waals surface area contributed by atoms with Gasteiger partial charge < -0.3 is 10.2 Å². The van der Waals surface area contributed by atoms with Crippen molar-refractivity contribution >= 4 is 23.5 Å². The van der Waals surface area contributed by atoms with Gasteiger partial charge in [0.25, 0.3) is 0 Å². The van der Waals surface area contributed by atoms with Gasteiger partial charge in [0.2, 0.25) is 0 Å². The molecule has 2 aromatic rings. The summed E-state index contributed by atoms with van der Waals surface area (Å²) in [4.78, 5) is 1.22. The number of fused-ring (bicyclic) bond motifs is 1. The second kappa shape index (κ2) is 14.7. The number of benzene rings is 2. The number of unbranched alkanes of at least 4 members (excludes halogenated alkanes) is 8. The molecule has 3 nitrogen and oxygen atoms in total. The molecule has 0 amide bonds. The minimum absolute atomic E-state index is 0.00854. The molecule has 5 heteroatoms. The van der Waals surface area contributed by atoms with Gasteiger partial charge in [-0.05, 0) is 78.5 Å². The Bertz CT molecular complexity index is 940. The SMILES string of the molecule is CC1(c2ccc(O)cc2)CSc2cc(O)ccc2C1CCCCCCCCCSCCCCC#N. The second-order valence-corrected chi connectivity index (χ2v) is 12.3. The smallest absolute Gasteiger partial charge is 0.116 e. The van der Waals surface area contributed by atoms with E-state index in [1.54, 1.807) is 0 Å². The van der Waals surface area contributed by atoms with E-state index < -0.39 is 0 Å². The van der Waals surface area contributed by atoms with Gasteiger partial charge in [0.05, 0.1) is 6.07 Å². The molecule has 0 spiro atoms. The third-order valence-corrected chi connectivity index (χ3v) is 9.87. The van der Waals surface area contributed by atoms with E-state index >= 15 is 0 Å². The molecule has 0 saturated carbocycles. The van der Waals surface area contributed by atoms with Crippen LogP contribution in [0, 0.1) is 11.3 Å². The molecule has 0 radical (unpaired) electrons. The Labute approximate surface area is 220 Å². The van der Waals surface area contributed by atoms with E-state index in [9.17, 15) is 10.2 Å². The molecule has 2 aromatic carbocycles. The summed E-state index contributed by atoms with van der Waals surface area (Å²) in [6.45, 7) is 2.37. The van der Waals surface area contributed by atoms with Crippen molar-refractivity contribution in [3.63, 3.8) is 0 Å². The molecule has 2 atom stereocenters.